The van der Waals surface area contributed by atoms with E-state index in [1.807, 2.05) is 24.3 Å². The summed E-state index contributed by atoms with van der Waals surface area (Å²) in [6.07, 6.45) is 0. The molecule has 0 radical (unpaired) electrons. The molecule has 2 heterocycles. The maximum atomic E-state index is 13.4. The van der Waals surface area contributed by atoms with Crippen molar-refractivity contribution in [1.82, 2.24) is 20.4 Å². The summed E-state index contributed by atoms with van der Waals surface area (Å²) in [5.74, 6) is -1.39. The topological polar surface area (TPSA) is 125 Å². The van der Waals surface area contributed by atoms with Crippen LogP contribution in [0, 0.1) is 0 Å². The van der Waals surface area contributed by atoms with Crippen LogP contribution in [0.2, 0.25) is 0 Å². The van der Waals surface area contributed by atoms with Crippen LogP contribution in [-0.4, -0.2) is 60.5 Å². The van der Waals surface area contributed by atoms with E-state index in [2.05, 4.69) is 10.6 Å². The monoisotopic (exact) mass is 491 g/mol. The normalized spacial score (nSPS) is 15.4. The molecule has 4 amide bonds. The highest BCUT2D eigenvalue weighted by Crippen LogP contribution is 2.45. The second kappa shape index (κ2) is 7.53. The molecule has 182 valence electrons. The van der Waals surface area contributed by atoms with Crippen LogP contribution < -0.4 is 16.4 Å². The van der Waals surface area contributed by atoms with Crippen LogP contribution in [0.25, 0.3) is 43.1 Å². The van der Waals surface area contributed by atoms with E-state index in [1.165, 1.54) is 11.9 Å². The molecular formula is C28H21N5O4. The third-order valence-electron chi connectivity index (χ3n) is 7.59. The molecule has 2 aliphatic heterocycles. The Hall–Kier alpha value is -4.44. The number of nitrogens with one attached hydrogen (secondary N) is 2. The number of fused-ring (bicyclic) bond motifs is 2. The fourth-order valence-electron chi connectivity index (χ4n) is 5.91. The van der Waals surface area contributed by atoms with Crippen molar-refractivity contribution in [1.29, 1.82) is 0 Å². The van der Waals surface area contributed by atoms with Gasteiger partial charge in [-0.25, -0.2) is 0 Å². The van der Waals surface area contributed by atoms with Gasteiger partial charge in [0.25, 0.3) is 23.6 Å². The van der Waals surface area contributed by atoms with Crippen molar-refractivity contribution in [3.8, 4) is 0 Å². The molecule has 7 rings (SSSR count). The van der Waals surface area contributed by atoms with E-state index in [1.54, 1.807) is 24.3 Å². The predicted octanol–water partition coefficient (Wildman–Crippen LogP) is 2.57. The quantitative estimate of drug-likeness (QED) is 0.113. The van der Waals surface area contributed by atoms with Gasteiger partial charge in [0.15, 0.2) is 0 Å². The molecule has 0 atom stereocenters. The van der Waals surface area contributed by atoms with Gasteiger partial charge in [0.05, 0.1) is 6.67 Å². The first-order valence-corrected chi connectivity index (χ1v) is 11.9. The average Bonchev–Trinajstić information content (AvgIpc) is 2.92. The predicted molar refractivity (Wildman–Crippen MR) is 140 cm³/mol. The Kier molecular flexibility index (Phi) is 4.44. The highest BCUT2D eigenvalue weighted by atomic mass is 16.2. The Balaban J connectivity index is 1.53. The number of carbonyl (C=O) groups is 4. The molecule has 0 bridgehead atoms. The minimum atomic E-state index is -0.364. The first-order chi connectivity index (χ1) is 17.9. The van der Waals surface area contributed by atoms with E-state index in [0.717, 1.165) is 37.2 Å². The van der Waals surface area contributed by atoms with Crippen LogP contribution in [0.3, 0.4) is 0 Å². The number of rotatable bonds is 5. The van der Waals surface area contributed by atoms with Crippen LogP contribution in [0.15, 0.2) is 48.5 Å². The Labute approximate surface area is 210 Å². The number of benzene rings is 5. The molecule has 0 saturated heterocycles. The summed E-state index contributed by atoms with van der Waals surface area (Å²) in [5.41, 5.74) is 7.34. The van der Waals surface area contributed by atoms with Crippen molar-refractivity contribution in [3.05, 3.63) is 70.8 Å². The second-order valence-electron chi connectivity index (χ2n) is 9.39. The molecule has 9 nitrogen and oxygen atoms in total. The molecule has 4 N–H and O–H groups in total. The first kappa shape index (κ1) is 21.8. The zero-order valence-corrected chi connectivity index (χ0v) is 19.8. The minimum Gasteiger partial charge on any atom is -0.318 e. The van der Waals surface area contributed by atoms with Gasteiger partial charge in [-0.3, -0.25) is 39.6 Å². The van der Waals surface area contributed by atoms with Crippen molar-refractivity contribution in [2.75, 3.05) is 27.1 Å². The summed E-state index contributed by atoms with van der Waals surface area (Å²) < 4.78 is 0. The van der Waals surface area contributed by atoms with E-state index in [9.17, 15) is 19.2 Å². The highest BCUT2D eigenvalue weighted by Gasteiger charge is 2.35. The van der Waals surface area contributed by atoms with Gasteiger partial charge < -0.3 is 5.73 Å². The summed E-state index contributed by atoms with van der Waals surface area (Å²) in [6, 6.07) is 14.6. The molecule has 0 fully saturated rings. The first-order valence-electron chi connectivity index (χ1n) is 11.9. The van der Waals surface area contributed by atoms with Crippen LogP contribution in [0.5, 0.6) is 0 Å². The van der Waals surface area contributed by atoms with Gasteiger partial charge in [0.1, 0.15) is 0 Å². The molecule has 0 aromatic heterocycles. The number of hydrogen-bond acceptors (Lipinski definition) is 7. The third-order valence-corrected chi connectivity index (χ3v) is 7.59. The van der Waals surface area contributed by atoms with E-state index in [-0.39, 0.29) is 37.0 Å². The number of amides is 4. The lowest BCUT2D eigenvalue weighted by Gasteiger charge is -2.29. The molecule has 5 aromatic rings. The van der Waals surface area contributed by atoms with Gasteiger partial charge in [0, 0.05) is 53.4 Å². The molecule has 37 heavy (non-hydrogen) atoms. The van der Waals surface area contributed by atoms with E-state index in [0.29, 0.717) is 39.7 Å². The Morgan fingerprint density at radius 3 is 1.41 bits per heavy atom. The van der Waals surface area contributed by atoms with Crippen molar-refractivity contribution >= 4 is 66.7 Å². The van der Waals surface area contributed by atoms with Crippen LogP contribution >= 0.6 is 0 Å². The van der Waals surface area contributed by atoms with Crippen molar-refractivity contribution < 1.29 is 19.2 Å². The number of imide groups is 2. The smallest absolute Gasteiger partial charge is 0.262 e. The fraction of sp³-hybridized carbons (Fsp3) is 0.143. The summed E-state index contributed by atoms with van der Waals surface area (Å²) in [6.45, 7) is 0.692. The van der Waals surface area contributed by atoms with E-state index >= 15 is 0 Å². The summed E-state index contributed by atoms with van der Waals surface area (Å²) in [5, 5.41) is 12.3. The van der Waals surface area contributed by atoms with Gasteiger partial charge >= 0.3 is 0 Å². The summed E-state index contributed by atoms with van der Waals surface area (Å²) >= 11 is 0. The zero-order chi connectivity index (χ0) is 25.6. The molecule has 5 aromatic carbocycles. The maximum absolute atomic E-state index is 13.4. The molecule has 0 spiro atoms. The standard InChI is InChI=1S/C28H21N5O4/c1-32-25(34)17-6-2-13-15-4-8-19-24-20(28(37)33(27(19)36)12-31-11-30-10-29)9-5-16(22(15)24)14-3-7-18(26(32)35)23(17)21(13)14/h2-9,30-31H,10-12,29H2,1H3. The van der Waals surface area contributed by atoms with Gasteiger partial charge in [-0.05, 0) is 56.6 Å². The zero-order valence-electron chi connectivity index (χ0n) is 19.8. The summed E-state index contributed by atoms with van der Waals surface area (Å²) in [7, 11) is 1.49. The Bertz CT molecular complexity index is 1760. The van der Waals surface area contributed by atoms with Gasteiger partial charge in [-0.1, -0.05) is 24.3 Å². The summed E-state index contributed by atoms with van der Waals surface area (Å²) in [4.78, 5) is 55.1. The molecule has 2 aliphatic rings. The molecular weight excluding hydrogens is 470 g/mol. The van der Waals surface area contributed by atoms with Gasteiger partial charge in [-0.15, -0.1) is 0 Å². The SMILES string of the molecule is CN1C(=O)c2ccc3c4ccc5c6c(ccc(c7ccc(c2c37)C1=O)c64)C(=O)N(CNCNCN)C5=O. The number of nitrogens with two attached hydrogens (primary N) is 1. The molecule has 0 unspecified atom stereocenters. The van der Waals surface area contributed by atoms with Crippen molar-refractivity contribution in [2.45, 2.75) is 0 Å². The van der Waals surface area contributed by atoms with E-state index in [4.69, 9.17) is 5.73 Å². The Morgan fingerprint density at radius 2 is 1.00 bits per heavy atom. The lowest BCUT2D eigenvalue weighted by molar-refractivity contribution is 0.0593. The molecule has 0 saturated carbocycles. The van der Waals surface area contributed by atoms with E-state index < -0.39 is 0 Å². The van der Waals surface area contributed by atoms with Crippen LogP contribution in [-0.2, 0) is 0 Å². The number of carbonyl (C=O) groups excluding carboxylic acids is 4. The number of nitrogens with zero attached hydrogens (tertiary/aromatic N) is 2. The van der Waals surface area contributed by atoms with Gasteiger partial charge in [0.2, 0.25) is 0 Å². The second-order valence-corrected chi connectivity index (χ2v) is 9.39. The number of hydrogen-bond donors (Lipinski definition) is 3. The molecule has 0 aliphatic carbocycles. The molecule has 9 heteroatoms. The van der Waals surface area contributed by atoms with Gasteiger partial charge in [-0.2, -0.15) is 0 Å². The minimum absolute atomic E-state index is 0.0549. The highest BCUT2D eigenvalue weighted by molar-refractivity contribution is 6.41. The Morgan fingerprint density at radius 1 is 0.595 bits per heavy atom. The van der Waals surface area contributed by atoms with Crippen LogP contribution in [0.1, 0.15) is 41.4 Å². The maximum Gasteiger partial charge on any atom is 0.262 e. The van der Waals surface area contributed by atoms with Crippen LogP contribution in [0.4, 0.5) is 0 Å². The van der Waals surface area contributed by atoms with Crippen molar-refractivity contribution in [3.63, 3.8) is 0 Å². The average molecular weight is 492 g/mol. The largest absolute Gasteiger partial charge is 0.318 e. The van der Waals surface area contributed by atoms with Crippen molar-refractivity contribution in [2.24, 2.45) is 5.73 Å². The fourth-order valence-corrected chi connectivity index (χ4v) is 5.91. The lowest BCUT2D eigenvalue weighted by Crippen LogP contribution is -2.47. The lowest BCUT2D eigenvalue weighted by atomic mass is 9.82. The third kappa shape index (κ3) is 2.67.